The Labute approximate surface area is 159 Å². The average molecular weight is 370 g/mol. The first-order chi connectivity index (χ1) is 12.9. The molecule has 1 aromatic carbocycles. The number of aromatic nitrogens is 4. The molecule has 2 rings (SSSR count). The summed E-state index contributed by atoms with van der Waals surface area (Å²) in [6.07, 6.45) is 4.89. The van der Waals surface area contributed by atoms with E-state index in [-0.39, 0.29) is 11.6 Å². The molecule has 0 saturated carbocycles. The van der Waals surface area contributed by atoms with Gasteiger partial charge in [0.15, 0.2) is 17.4 Å². The van der Waals surface area contributed by atoms with Crippen LogP contribution in [0.15, 0.2) is 24.3 Å². The SMILES string of the molecule is CCCC(=O)/C=C/C(=O)CCCOc1ccc(C)c(C)c1-c1nnnn1C. The van der Waals surface area contributed by atoms with Crippen molar-refractivity contribution in [2.75, 3.05) is 6.61 Å². The predicted molar refractivity (Wildman–Crippen MR) is 102 cm³/mol. The van der Waals surface area contributed by atoms with E-state index >= 15 is 0 Å². The number of allylic oxidation sites excluding steroid dienone is 2. The van der Waals surface area contributed by atoms with Gasteiger partial charge in [-0.2, -0.15) is 0 Å². The molecule has 0 bridgehead atoms. The summed E-state index contributed by atoms with van der Waals surface area (Å²) < 4.78 is 7.52. The van der Waals surface area contributed by atoms with Crippen LogP contribution >= 0.6 is 0 Å². The number of tetrazole rings is 1. The highest BCUT2D eigenvalue weighted by Gasteiger charge is 2.17. The van der Waals surface area contributed by atoms with Crippen molar-refractivity contribution < 1.29 is 14.3 Å². The van der Waals surface area contributed by atoms with Crippen molar-refractivity contribution in [1.29, 1.82) is 0 Å². The lowest BCUT2D eigenvalue weighted by Gasteiger charge is -2.14. The number of aryl methyl sites for hydroxylation is 2. The zero-order valence-corrected chi connectivity index (χ0v) is 16.4. The van der Waals surface area contributed by atoms with E-state index in [4.69, 9.17) is 4.74 Å². The Kier molecular flexibility index (Phi) is 7.40. The Morgan fingerprint density at radius 3 is 2.48 bits per heavy atom. The quantitative estimate of drug-likeness (QED) is 0.472. The third-order valence-electron chi connectivity index (χ3n) is 4.32. The number of carbonyl (C=O) groups excluding carboxylic acids is 2. The second-order valence-corrected chi connectivity index (χ2v) is 6.47. The second kappa shape index (κ2) is 9.75. The maximum absolute atomic E-state index is 11.8. The van der Waals surface area contributed by atoms with Crippen LogP contribution in [-0.2, 0) is 16.6 Å². The average Bonchev–Trinajstić information content (AvgIpc) is 3.06. The monoisotopic (exact) mass is 370 g/mol. The van der Waals surface area contributed by atoms with Crippen molar-refractivity contribution in [3.63, 3.8) is 0 Å². The first kappa shape index (κ1) is 20.5. The van der Waals surface area contributed by atoms with Gasteiger partial charge in [-0.1, -0.05) is 13.0 Å². The smallest absolute Gasteiger partial charge is 0.185 e. The van der Waals surface area contributed by atoms with Crippen LogP contribution in [0.5, 0.6) is 5.75 Å². The zero-order valence-electron chi connectivity index (χ0n) is 16.4. The normalized spacial score (nSPS) is 11.1. The van der Waals surface area contributed by atoms with Crippen molar-refractivity contribution in [2.45, 2.75) is 46.5 Å². The molecule has 1 heterocycles. The minimum absolute atomic E-state index is 0.0147. The number of ether oxygens (including phenoxy) is 1. The van der Waals surface area contributed by atoms with Crippen LogP contribution in [-0.4, -0.2) is 38.4 Å². The Morgan fingerprint density at radius 1 is 1.15 bits per heavy atom. The molecule has 144 valence electrons. The predicted octanol–water partition coefficient (Wildman–Crippen LogP) is 3.15. The van der Waals surface area contributed by atoms with Crippen molar-refractivity contribution in [2.24, 2.45) is 7.05 Å². The molecule has 1 aromatic heterocycles. The summed E-state index contributed by atoms with van der Waals surface area (Å²) in [5.41, 5.74) is 3.04. The highest BCUT2D eigenvalue weighted by atomic mass is 16.5. The molecule has 0 unspecified atom stereocenters. The Balaban J connectivity index is 1.97. The molecule has 7 nitrogen and oxygen atoms in total. The number of carbonyl (C=O) groups is 2. The number of hydrogen-bond acceptors (Lipinski definition) is 6. The van der Waals surface area contributed by atoms with Gasteiger partial charge < -0.3 is 4.74 Å². The molecular formula is C20H26N4O3. The molecular weight excluding hydrogens is 344 g/mol. The lowest BCUT2D eigenvalue weighted by atomic mass is 10.0. The van der Waals surface area contributed by atoms with E-state index in [0.717, 1.165) is 23.1 Å². The lowest BCUT2D eigenvalue weighted by molar-refractivity contribution is -0.116. The molecule has 0 fully saturated rings. The van der Waals surface area contributed by atoms with E-state index in [1.54, 1.807) is 11.7 Å². The summed E-state index contributed by atoms with van der Waals surface area (Å²) in [4.78, 5) is 23.3. The number of hydrogen-bond donors (Lipinski definition) is 0. The van der Waals surface area contributed by atoms with E-state index in [1.165, 1.54) is 12.2 Å². The summed E-state index contributed by atoms with van der Waals surface area (Å²) in [6.45, 7) is 6.36. The van der Waals surface area contributed by atoms with Gasteiger partial charge >= 0.3 is 0 Å². The molecule has 0 atom stereocenters. The fraction of sp³-hybridized carbons (Fsp3) is 0.450. The van der Waals surface area contributed by atoms with E-state index < -0.39 is 0 Å². The van der Waals surface area contributed by atoms with Crippen LogP contribution in [0, 0.1) is 13.8 Å². The largest absolute Gasteiger partial charge is 0.493 e. The van der Waals surface area contributed by atoms with Crippen molar-refractivity contribution >= 4 is 11.6 Å². The van der Waals surface area contributed by atoms with Gasteiger partial charge in [0, 0.05) is 19.9 Å². The Hall–Kier alpha value is -2.83. The molecule has 27 heavy (non-hydrogen) atoms. The van der Waals surface area contributed by atoms with Gasteiger partial charge in [0.2, 0.25) is 0 Å². The standard InChI is InChI=1S/C20H26N4O3/c1-5-7-16(25)10-11-17(26)8-6-13-27-18-12-9-14(2)15(3)19(18)20-21-22-23-24(20)4/h9-12H,5-8,13H2,1-4H3/b11-10+. The number of nitrogens with zero attached hydrogens (tertiary/aromatic N) is 4. The molecule has 0 aliphatic heterocycles. The topological polar surface area (TPSA) is 87.0 Å². The van der Waals surface area contributed by atoms with Crippen LogP contribution in [0.25, 0.3) is 11.4 Å². The maximum Gasteiger partial charge on any atom is 0.185 e. The Morgan fingerprint density at radius 2 is 1.85 bits per heavy atom. The number of ketones is 2. The van der Waals surface area contributed by atoms with Crippen LogP contribution in [0.1, 0.15) is 43.7 Å². The minimum atomic E-state index is -0.0686. The summed E-state index contributed by atoms with van der Waals surface area (Å²) in [7, 11) is 1.78. The Bertz CT molecular complexity index is 840. The van der Waals surface area contributed by atoms with Crippen LogP contribution in [0.2, 0.25) is 0 Å². The van der Waals surface area contributed by atoms with Crippen molar-refractivity contribution in [3.05, 3.63) is 35.4 Å². The number of rotatable bonds is 10. The molecule has 0 spiro atoms. The van der Waals surface area contributed by atoms with E-state index in [9.17, 15) is 9.59 Å². The fourth-order valence-electron chi connectivity index (χ4n) is 2.66. The molecule has 0 N–H and O–H groups in total. The zero-order chi connectivity index (χ0) is 19.8. The van der Waals surface area contributed by atoms with Crippen molar-refractivity contribution in [3.8, 4) is 17.1 Å². The van der Waals surface area contributed by atoms with Crippen LogP contribution in [0.4, 0.5) is 0 Å². The van der Waals surface area contributed by atoms with Gasteiger partial charge in [-0.15, -0.1) is 5.10 Å². The van der Waals surface area contributed by atoms with Crippen LogP contribution in [0.3, 0.4) is 0 Å². The summed E-state index contributed by atoms with van der Waals surface area (Å²) in [5, 5.41) is 11.7. The second-order valence-electron chi connectivity index (χ2n) is 6.47. The van der Waals surface area contributed by atoms with Gasteiger partial charge in [-0.25, -0.2) is 4.68 Å². The third kappa shape index (κ3) is 5.57. The molecule has 0 aliphatic rings. The van der Waals surface area contributed by atoms with Crippen molar-refractivity contribution in [1.82, 2.24) is 20.2 Å². The molecule has 0 amide bonds. The van der Waals surface area contributed by atoms with Gasteiger partial charge in [-0.05, 0) is 66.5 Å². The van der Waals surface area contributed by atoms with Gasteiger partial charge in [0.05, 0.1) is 12.2 Å². The first-order valence-corrected chi connectivity index (χ1v) is 9.13. The molecule has 0 aliphatic carbocycles. The molecule has 7 heteroatoms. The molecule has 0 radical (unpaired) electrons. The fourth-order valence-corrected chi connectivity index (χ4v) is 2.66. The first-order valence-electron chi connectivity index (χ1n) is 9.13. The summed E-state index contributed by atoms with van der Waals surface area (Å²) in [5.74, 6) is 1.25. The van der Waals surface area contributed by atoms with Gasteiger partial charge in [0.1, 0.15) is 5.75 Å². The highest BCUT2D eigenvalue weighted by Crippen LogP contribution is 2.33. The summed E-state index contributed by atoms with van der Waals surface area (Å²) in [6, 6.07) is 3.89. The van der Waals surface area contributed by atoms with E-state index in [1.807, 2.05) is 32.9 Å². The molecule has 0 saturated heterocycles. The summed E-state index contributed by atoms with van der Waals surface area (Å²) >= 11 is 0. The highest BCUT2D eigenvalue weighted by molar-refractivity contribution is 5.98. The van der Waals surface area contributed by atoms with Gasteiger partial charge in [-0.3, -0.25) is 9.59 Å². The molecule has 2 aromatic rings. The minimum Gasteiger partial charge on any atom is -0.493 e. The van der Waals surface area contributed by atoms with Gasteiger partial charge in [0.25, 0.3) is 0 Å². The van der Waals surface area contributed by atoms with E-state index in [0.29, 0.717) is 37.4 Å². The van der Waals surface area contributed by atoms with E-state index in [2.05, 4.69) is 15.5 Å². The van der Waals surface area contributed by atoms with Crippen LogP contribution < -0.4 is 4.74 Å². The number of benzene rings is 1. The lowest BCUT2D eigenvalue weighted by Crippen LogP contribution is -2.05. The maximum atomic E-state index is 11.8. The third-order valence-corrected chi connectivity index (χ3v) is 4.32.